The lowest BCUT2D eigenvalue weighted by Crippen LogP contribution is -2.30. The topological polar surface area (TPSA) is 60.5 Å². The number of methoxy groups -OCH3 is 1. The third kappa shape index (κ3) is 3.46. The molecule has 7 heteroatoms. The monoisotopic (exact) mass is 346 g/mol. The Morgan fingerprint density at radius 1 is 1.25 bits per heavy atom. The first kappa shape index (κ1) is 16.2. The van der Waals surface area contributed by atoms with Gasteiger partial charge in [-0.3, -0.25) is 10.1 Å². The van der Waals surface area contributed by atoms with E-state index in [9.17, 15) is 9.18 Å². The number of ether oxygens (including phenoxy) is 2. The molecule has 0 saturated carbocycles. The van der Waals surface area contributed by atoms with Crippen molar-refractivity contribution in [3.63, 3.8) is 0 Å². The third-order valence-electron chi connectivity index (χ3n) is 3.32. The maximum Gasteiger partial charge on any atom is 0.266 e. The first-order chi connectivity index (χ1) is 11.6. The molecule has 0 spiro atoms. The first-order valence-corrected chi connectivity index (χ1v) is 8.05. The van der Waals surface area contributed by atoms with E-state index in [0.29, 0.717) is 22.1 Å². The number of nitrogens with zero attached hydrogens (tertiary/aromatic N) is 1. The van der Waals surface area contributed by atoms with E-state index in [4.69, 9.17) is 9.47 Å². The lowest BCUT2D eigenvalue weighted by atomic mass is 10.3. The van der Waals surface area contributed by atoms with E-state index in [0.717, 1.165) is 4.70 Å². The average molecular weight is 346 g/mol. The predicted octanol–water partition coefficient (Wildman–Crippen LogP) is 3.85. The van der Waals surface area contributed by atoms with Crippen LogP contribution in [0.15, 0.2) is 42.5 Å². The fourth-order valence-corrected chi connectivity index (χ4v) is 2.97. The van der Waals surface area contributed by atoms with Crippen LogP contribution in [0, 0.1) is 5.82 Å². The second-order valence-corrected chi connectivity index (χ2v) is 6.06. The highest BCUT2D eigenvalue weighted by Crippen LogP contribution is 2.28. The van der Waals surface area contributed by atoms with Crippen molar-refractivity contribution in [2.24, 2.45) is 0 Å². The molecule has 124 valence electrons. The van der Waals surface area contributed by atoms with Crippen LogP contribution in [0.1, 0.15) is 6.92 Å². The van der Waals surface area contributed by atoms with Crippen molar-refractivity contribution in [1.82, 2.24) is 4.98 Å². The summed E-state index contributed by atoms with van der Waals surface area (Å²) in [5.74, 6) is 0.320. The normalized spacial score (nSPS) is 12.0. The van der Waals surface area contributed by atoms with Gasteiger partial charge in [0.15, 0.2) is 22.7 Å². The van der Waals surface area contributed by atoms with E-state index < -0.39 is 6.10 Å². The minimum absolute atomic E-state index is 0.347. The molecule has 5 nitrogen and oxygen atoms in total. The molecule has 1 heterocycles. The van der Waals surface area contributed by atoms with Crippen LogP contribution in [0.3, 0.4) is 0 Å². The van der Waals surface area contributed by atoms with Gasteiger partial charge in [-0.05, 0) is 31.2 Å². The second kappa shape index (κ2) is 6.84. The van der Waals surface area contributed by atoms with Crippen LogP contribution in [-0.2, 0) is 4.79 Å². The van der Waals surface area contributed by atoms with Crippen LogP contribution in [0.4, 0.5) is 9.52 Å². The summed E-state index contributed by atoms with van der Waals surface area (Å²) in [7, 11) is 1.53. The number of anilines is 1. The lowest BCUT2D eigenvalue weighted by molar-refractivity contribution is -0.122. The highest BCUT2D eigenvalue weighted by atomic mass is 32.1. The van der Waals surface area contributed by atoms with Gasteiger partial charge in [0.1, 0.15) is 5.82 Å². The second-order valence-electron chi connectivity index (χ2n) is 5.03. The smallest absolute Gasteiger partial charge is 0.266 e. The van der Waals surface area contributed by atoms with Crippen molar-refractivity contribution in [2.75, 3.05) is 12.4 Å². The molecule has 0 saturated heterocycles. The minimum atomic E-state index is -0.745. The van der Waals surface area contributed by atoms with Crippen LogP contribution in [0.5, 0.6) is 11.5 Å². The van der Waals surface area contributed by atoms with Crippen LogP contribution in [0.2, 0.25) is 0 Å². The van der Waals surface area contributed by atoms with Crippen molar-refractivity contribution in [2.45, 2.75) is 13.0 Å². The Morgan fingerprint density at radius 3 is 2.75 bits per heavy atom. The number of rotatable bonds is 5. The van der Waals surface area contributed by atoms with Crippen molar-refractivity contribution in [3.05, 3.63) is 48.3 Å². The zero-order chi connectivity index (χ0) is 17.1. The number of para-hydroxylation sites is 2. The Labute approximate surface area is 142 Å². The standard InChI is InChI=1S/C17H15FN2O3S/c1-10(23-14-6-4-3-5-13(14)22-2)16(21)20-17-19-12-9-11(18)7-8-15(12)24-17/h3-10H,1-2H3,(H,19,20,21). The lowest BCUT2D eigenvalue weighted by Gasteiger charge is -2.15. The average Bonchev–Trinajstić information content (AvgIpc) is 2.96. The maximum atomic E-state index is 13.2. The van der Waals surface area contributed by atoms with Crippen molar-refractivity contribution in [3.8, 4) is 11.5 Å². The number of aromatic nitrogens is 1. The Balaban J connectivity index is 1.71. The number of halogens is 1. The van der Waals surface area contributed by atoms with Crippen molar-refractivity contribution in [1.29, 1.82) is 0 Å². The predicted molar refractivity (Wildman–Crippen MR) is 91.3 cm³/mol. The maximum absolute atomic E-state index is 13.2. The van der Waals surface area contributed by atoms with Crippen molar-refractivity contribution >= 4 is 32.6 Å². The molecule has 1 aromatic heterocycles. The highest BCUT2D eigenvalue weighted by Gasteiger charge is 2.18. The van der Waals surface area contributed by atoms with Gasteiger partial charge in [0, 0.05) is 6.07 Å². The molecule has 0 fully saturated rings. The molecule has 0 bridgehead atoms. The molecular formula is C17H15FN2O3S. The van der Waals surface area contributed by atoms with Gasteiger partial charge < -0.3 is 9.47 Å². The highest BCUT2D eigenvalue weighted by molar-refractivity contribution is 7.22. The summed E-state index contributed by atoms with van der Waals surface area (Å²) in [6.07, 6.45) is -0.745. The third-order valence-corrected chi connectivity index (χ3v) is 4.27. The Morgan fingerprint density at radius 2 is 2.00 bits per heavy atom. The van der Waals surface area contributed by atoms with E-state index in [1.807, 2.05) is 6.07 Å². The Kier molecular flexibility index (Phi) is 4.61. The van der Waals surface area contributed by atoms with E-state index in [1.165, 1.54) is 30.6 Å². The number of hydrogen-bond donors (Lipinski definition) is 1. The van der Waals surface area contributed by atoms with Gasteiger partial charge in [0.25, 0.3) is 5.91 Å². The molecule has 1 atom stereocenters. The molecule has 24 heavy (non-hydrogen) atoms. The summed E-state index contributed by atoms with van der Waals surface area (Å²) in [5, 5.41) is 3.09. The van der Waals surface area contributed by atoms with Crippen LogP contribution in [0.25, 0.3) is 10.2 Å². The number of hydrogen-bond acceptors (Lipinski definition) is 5. The molecule has 1 unspecified atom stereocenters. The summed E-state index contributed by atoms with van der Waals surface area (Å²) >= 11 is 1.28. The molecule has 1 amide bonds. The zero-order valence-electron chi connectivity index (χ0n) is 13.1. The summed E-state index contributed by atoms with van der Waals surface area (Å²) in [4.78, 5) is 16.5. The quantitative estimate of drug-likeness (QED) is 0.762. The molecule has 3 aromatic rings. The number of benzene rings is 2. The van der Waals surface area contributed by atoms with Gasteiger partial charge in [-0.15, -0.1) is 0 Å². The number of carbonyl (C=O) groups is 1. The van der Waals surface area contributed by atoms with Gasteiger partial charge in [-0.25, -0.2) is 9.37 Å². The number of carbonyl (C=O) groups excluding carboxylic acids is 1. The van der Waals surface area contributed by atoms with Crippen molar-refractivity contribution < 1.29 is 18.7 Å². The van der Waals surface area contributed by atoms with Gasteiger partial charge >= 0.3 is 0 Å². The molecule has 1 N–H and O–H groups in total. The molecule has 0 aliphatic rings. The fourth-order valence-electron chi connectivity index (χ4n) is 2.12. The fraction of sp³-hybridized carbons (Fsp3) is 0.176. The van der Waals surface area contributed by atoms with Crippen LogP contribution < -0.4 is 14.8 Å². The van der Waals surface area contributed by atoms with Crippen LogP contribution >= 0.6 is 11.3 Å². The molecular weight excluding hydrogens is 331 g/mol. The van der Waals surface area contributed by atoms with Crippen LogP contribution in [-0.4, -0.2) is 24.1 Å². The van der Waals surface area contributed by atoms with E-state index in [1.54, 1.807) is 31.2 Å². The SMILES string of the molecule is COc1ccccc1OC(C)C(=O)Nc1nc2cc(F)ccc2s1. The largest absolute Gasteiger partial charge is 0.493 e. The number of fused-ring (bicyclic) bond motifs is 1. The molecule has 0 aliphatic carbocycles. The summed E-state index contributed by atoms with van der Waals surface area (Å²) in [6, 6.07) is 11.4. The summed E-state index contributed by atoms with van der Waals surface area (Å²) in [6.45, 7) is 1.63. The first-order valence-electron chi connectivity index (χ1n) is 7.23. The summed E-state index contributed by atoms with van der Waals surface area (Å²) in [5.41, 5.74) is 0.508. The van der Waals surface area contributed by atoms with Gasteiger partial charge in [0.2, 0.25) is 0 Å². The molecule has 3 rings (SSSR count). The van der Waals surface area contributed by atoms with Gasteiger partial charge in [0.05, 0.1) is 17.3 Å². The van der Waals surface area contributed by atoms with Gasteiger partial charge in [-0.2, -0.15) is 0 Å². The number of amides is 1. The number of thiazole rings is 1. The van der Waals surface area contributed by atoms with Gasteiger partial charge in [-0.1, -0.05) is 23.5 Å². The number of nitrogens with one attached hydrogen (secondary N) is 1. The molecule has 0 radical (unpaired) electrons. The Bertz CT molecular complexity index is 881. The summed E-state index contributed by atoms with van der Waals surface area (Å²) < 4.78 is 24.8. The zero-order valence-corrected chi connectivity index (χ0v) is 13.9. The molecule has 0 aliphatic heterocycles. The van der Waals surface area contributed by atoms with E-state index in [-0.39, 0.29) is 11.7 Å². The van der Waals surface area contributed by atoms with E-state index in [2.05, 4.69) is 10.3 Å². The Hall–Kier alpha value is -2.67. The van der Waals surface area contributed by atoms with E-state index >= 15 is 0 Å². The minimum Gasteiger partial charge on any atom is -0.493 e. The molecule has 2 aromatic carbocycles.